The Kier molecular flexibility index (Phi) is 6.94. The molecule has 0 bridgehead atoms. The van der Waals surface area contributed by atoms with E-state index < -0.39 is 15.6 Å². The summed E-state index contributed by atoms with van der Waals surface area (Å²) >= 11 is 0. The summed E-state index contributed by atoms with van der Waals surface area (Å²) < 4.78 is 33.6. The zero-order valence-electron chi connectivity index (χ0n) is 16.0. The third kappa shape index (κ3) is 4.47. The molecule has 2 heterocycles. The van der Waals surface area contributed by atoms with Gasteiger partial charge in [-0.05, 0) is 45.6 Å². The molecule has 1 saturated carbocycles. The number of aromatic nitrogens is 1. The van der Waals surface area contributed by atoms with Crippen molar-refractivity contribution < 1.29 is 17.7 Å². The first-order chi connectivity index (χ1) is 12.3. The summed E-state index contributed by atoms with van der Waals surface area (Å²) in [6, 6.07) is 0.0114. The van der Waals surface area contributed by atoms with Gasteiger partial charge in [0.05, 0.1) is 0 Å². The highest BCUT2D eigenvalue weighted by atomic mass is 35.5. The highest BCUT2D eigenvalue weighted by Gasteiger charge is 2.46. The number of nitrogens with zero attached hydrogens (tertiary/aromatic N) is 1. The standard InChI is InChI=1S/C17H28N4O4S.ClH/c1-11-6-9-18-10-14(11)19-16(22)17(7-4-5-8-17)21-26(23,24)15-12(2)20-25-13(15)3;/h11,14,18,21H,4-10H2,1-3H3,(H,19,22);1H. The minimum atomic E-state index is -3.90. The van der Waals surface area contributed by atoms with Crippen LogP contribution in [0.3, 0.4) is 0 Å². The molecule has 1 aliphatic heterocycles. The summed E-state index contributed by atoms with van der Waals surface area (Å²) in [6.45, 7) is 6.91. The Hall–Kier alpha value is -1.16. The summed E-state index contributed by atoms with van der Waals surface area (Å²) in [7, 11) is -3.90. The van der Waals surface area contributed by atoms with E-state index in [1.54, 1.807) is 13.8 Å². The quantitative estimate of drug-likeness (QED) is 0.663. The molecule has 2 fully saturated rings. The Morgan fingerprint density at radius 2 is 1.96 bits per heavy atom. The average Bonchev–Trinajstić information content (AvgIpc) is 3.17. The lowest BCUT2D eigenvalue weighted by Crippen LogP contribution is -2.61. The summed E-state index contributed by atoms with van der Waals surface area (Å²) in [5.41, 5.74) is -0.805. The van der Waals surface area contributed by atoms with Crippen LogP contribution in [0.1, 0.15) is 50.5 Å². The Morgan fingerprint density at radius 3 is 2.52 bits per heavy atom. The van der Waals surface area contributed by atoms with Gasteiger partial charge in [-0.2, -0.15) is 4.72 Å². The number of hydrogen-bond donors (Lipinski definition) is 3. The maximum atomic E-state index is 13.1. The molecule has 0 aromatic carbocycles. The molecule has 2 unspecified atom stereocenters. The Morgan fingerprint density at radius 1 is 1.30 bits per heavy atom. The van der Waals surface area contributed by atoms with Crippen LogP contribution in [-0.4, -0.2) is 44.2 Å². The smallest absolute Gasteiger partial charge is 0.246 e. The number of rotatable bonds is 5. The van der Waals surface area contributed by atoms with Gasteiger partial charge in [-0.15, -0.1) is 12.4 Å². The van der Waals surface area contributed by atoms with Crippen molar-refractivity contribution in [3.05, 3.63) is 11.5 Å². The lowest BCUT2D eigenvalue weighted by atomic mass is 9.92. The van der Waals surface area contributed by atoms with Crippen molar-refractivity contribution in [2.24, 2.45) is 5.92 Å². The molecule has 1 aromatic rings. The summed E-state index contributed by atoms with van der Waals surface area (Å²) in [6.07, 6.45) is 3.61. The zero-order chi connectivity index (χ0) is 18.9. The normalized spacial score (nSPS) is 25.0. The number of carbonyl (C=O) groups is 1. The number of halogens is 1. The van der Waals surface area contributed by atoms with Crippen LogP contribution in [0.15, 0.2) is 9.42 Å². The van der Waals surface area contributed by atoms with E-state index in [1.807, 2.05) is 0 Å². The number of hydrogen-bond acceptors (Lipinski definition) is 6. The highest BCUT2D eigenvalue weighted by molar-refractivity contribution is 7.89. The number of carbonyl (C=O) groups excluding carboxylic acids is 1. The van der Waals surface area contributed by atoms with Gasteiger partial charge in [-0.1, -0.05) is 24.9 Å². The maximum Gasteiger partial charge on any atom is 0.246 e. The molecule has 154 valence electrons. The average molecular weight is 421 g/mol. The van der Waals surface area contributed by atoms with Gasteiger partial charge in [0.2, 0.25) is 15.9 Å². The topological polar surface area (TPSA) is 113 Å². The largest absolute Gasteiger partial charge is 0.360 e. The van der Waals surface area contributed by atoms with E-state index in [9.17, 15) is 13.2 Å². The molecule has 10 heteroatoms. The Labute approximate surface area is 166 Å². The van der Waals surface area contributed by atoms with E-state index in [0.717, 1.165) is 25.8 Å². The number of aryl methyl sites for hydroxylation is 2. The van der Waals surface area contributed by atoms with Crippen molar-refractivity contribution in [2.75, 3.05) is 13.1 Å². The second-order valence-corrected chi connectivity index (χ2v) is 9.22. The van der Waals surface area contributed by atoms with Crippen LogP contribution in [0.5, 0.6) is 0 Å². The molecule has 0 radical (unpaired) electrons. The second-order valence-electron chi connectivity index (χ2n) is 7.60. The molecule has 3 N–H and O–H groups in total. The Bertz CT molecular complexity index is 754. The molecule has 3 rings (SSSR count). The lowest BCUT2D eigenvalue weighted by Gasteiger charge is -2.35. The first-order valence-electron chi connectivity index (χ1n) is 9.24. The van der Waals surface area contributed by atoms with E-state index in [4.69, 9.17) is 4.52 Å². The fourth-order valence-electron chi connectivity index (χ4n) is 4.01. The van der Waals surface area contributed by atoms with Crippen molar-refractivity contribution in [3.8, 4) is 0 Å². The van der Waals surface area contributed by atoms with Gasteiger partial charge < -0.3 is 15.2 Å². The molecular formula is C17H29ClN4O4S. The van der Waals surface area contributed by atoms with Crippen LogP contribution in [-0.2, 0) is 14.8 Å². The molecule has 1 amide bonds. The number of sulfonamides is 1. The van der Waals surface area contributed by atoms with Crippen LogP contribution in [0.25, 0.3) is 0 Å². The zero-order valence-corrected chi connectivity index (χ0v) is 17.6. The van der Waals surface area contributed by atoms with Crippen molar-refractivity contribution in [1.29, 1.82) is 0 Å². The maximum absolute atomic E-state index is 13.1. The third-order valence-electron chi connectivity index (χ3n) is 5.60. The van der Waals surface area contributed by atoms with Gasteiger partial charge in [-0.3, -0.25) is 4.79 Å². The molecule has 27 heavy (non-hydrogen) atoms. The van der Waals surface area contributed by atoms with Crippen molar-refractivity contribution in [1.82, 2.24) is 20.5 Å². The SMILES string of the molecule is Cc1noc(C)c1S(=O)(=O)NC1(C(=O)NC2CNCCC2C)CCCC1.Cl. The van der Waals surface area contributed by atoms with Gasteiger partial charge in [0.25, 0.3) is 0 Å². The molecule has 2 aliphatic rings. The third-order valence-corrected chi connectivity index (χ3v) is 7.38. The van der Waals surface area contributed by atoms with Gasteiger partial charge in [-0.25, -0.2) is 8.42 Å². The van der Waals surface area contributed by atoms with Crippen LogP contribution in [0, 0.1) is 19.8 Å². The predicted octanol–water partition coefficient (Wildman–Crippen LogP) is 1.42. The fraction of sp³-hybridized carbons (Fsp3) is 0.765. The minimum Gasteiger partial charge on any atom is -0.360 e. The van der Waals surface area contributed by atoms with E-state index in [0.29, 0.717) is 31.0 Å². The monoisotopic (exact) mass is 420 g/mol. The second kappa shape index (κ2) is 8.46. The Balaban J connectivity index is 0.00000261. The van der Waals surface area contributed by atoms with Crippen LogP contribution in [0.4, 0.5) is 0 Å². The van der Waals surface area contributed by atoms with E-state index >= 15 is 0 Å². The fourth-order valence-corrected chi connectivity index (χ4v) is 5.77. The summed E-state index contributed by atoms with van der Waals surface area (Å²) in [4.78, 5) is 13.1. The molecule has 1 aliphatic carbocycles. The van der Waals surface area contributed by atoms with E-state index in [2.05, 4.69) is 27.4 Å². The first kappa shape index (κ1) is 22.1. The number of piperidine rings is 1. The van der Waals surface area contributed by atoms with Crippen LogP contribution < -0.4 is 15.4 Å². The van der Waals surface area contributed by atoms with E-state index in [1.165, 1.54) is 0 Å². The van der Waals surface area contributed by atoms with Crippen LogP contribution >= 0.6 is 12.4 Å². The van der Waals surface area contributed by atoms with Crippen molar-refractivity contribution >= 4 is 28.3 Å². The molecular weight excluding hydrogens is 392 g/mol. The molecule has 1 saturated heterocycles. The first-order valence-corrected chi connectivity index (χ1v) is 10.7. The summed E-state index contributed by atoms with van der Waals surface area (Å²) in [5.74, 6) is 0.359. The highest BCUT2D eigenvalue weighted by Crippen LogP contribution is 2.33. The number of amides is 1. The van der Waals surface area contributed by atoms with E-state index in [-0.39, 0.29) is 35.0 Å². The number of nitrogens with one attached hydrogen (secondary N) is 3. The van der Waals surface area contributed by atoms with Gasteiger partial charge in [0, 0.05) is 12.6 Å². The van der Waals surface area contributed by atoms with Gasteiger partial charge in [0.15, 0.2) is 5.76 Å². The lowest BCUT2D eigenvalue weighted by molar-refractivity contribution is -0.128. The molecule has 8 nitrogen and oxygen atoms in total. The van der Waals surface area contributed by atoms with Crippen molar-refractivity contribution in [2.45, 2.75) is 69.4 Å². The summed E-state index contributed by atoms with van der Waals surface area (Å²) in [5, 5.41) is 10.1. The minimum absolute atomic E-state index is 0. The predicted molar refractivity (Wildman–Crippen MR) is 103 cm³/mol. The van der Waals surface area contributed by atoms with Crippen LogP contribution in [0.2, 0.25) is 0 Å². The molecule has 2 atom stereocenters. The molecule has 0 spiro atoms. The van der Waals surface area contributed by atoms with Gasteiger partial charge >= 0.3 is 0 Å². The molecule has 1 aromatic heterocycles. The van der Waals surface area contributed by atoms with Crippen molar-refractivity contribution in [3.63, 3.8) is 0 Å². The van der Waals surface area contributed by atoms with Gasteiger partial charge in [0.1, 0.15) is 16.1 Å².